The number of aliphatic hydroxyl groups is 2. The number of rotatable bonds is 3. The van der Waals surface area contributed by atoms with Crippen LogP contribution in [0.4, 0.5) is 0 Å². The van der Waals surface area contributed by atoms with E-state index in [4.69, 9.17) is 20.6 Å². The zero-order valence-corrected chi connectivity index (χ0v) is 6.53. The second-order valence-corrected chi connectivity index (χ2v) is 2.73. The van der Waals surface area contributed by atoms with Crippen LogP contribution in [0.25, 0.3) is 0 Å². The molecule has 0 aromatic rings. The van der Waals surface area contributed by atoms with Crippen molar-refractivity contribution in [2.24, 2.45) is 0 Å². The highest BCUT2D eigenvalue weighted by Crippen LogP contribution is 2.22. The van der Waals surface area contributed by atoms with E-state index in [1.807, 2.05) is 0 Å². The maximum Gasteiger partial charge on any atom is 0.338 e. The highest BCUT2D eigenvalue weighted by Gasteiger charge is 2.41. The number of aliphatic hydroxyl groups excluding tert-OH is 2. The van der Waals surface area contributed by atoms with Crippen LogP contribution < -0.4 is 0 Å². The predicted octanol–water partition coefficient (Wildman–Crippen LogP) is -1.60. The summed E-state index contributed by atoms with van der Waals surface area (Å²) in [6.07, 6.45) is -5.32. The molecule has 7 nitrogen and oxygen atoms in total. The minimum Gasteiger partial charge on any atom is -0.479 e. The van der Waals surface area contributed by atoms with Crippen molar-refractivity contribution < 1.29 is 35.0 Å². The molecule has 4 unspecified atom stereocenters. The lowest BCUT2D eigenvalue weighted by atomic mass is 10.1. The van der Waals surface area contributed by atoms with Gasteiger partial charge in [-0.1, -0.05) is 0 Å². The van der Waals surface area contributed by atoms with Crippen LogP contribution in [0.3, 0.4) is 0 Å². The second kappa shape index (κ2) is 3.99. The smallest absolute Gasteiger partial charge is 0.338 e. The van der Waals surface area contributed by atoms with Crippen molar-refractivity contribution in [2.45, 2.75) is 31.0 Å². The summed E-state index contributed by atoms with van der Waals surface area (Å²) in [5.74, 6) is -1.42. The second-order valence-electron chi connectivity index (χ2n) is 2.73. The van der Waals surface area contributed by atoms with Crippen molar-refractivity contribution in [3.05, 3.63) is 0 Å². The van der Waals surface area contributed by atoms with Gasteiger partial charge in [-0.3, -0.25) is 5.26 Å². The summed E-state index contributed by atoms with van der Waals surface area (Å²) in [6.45, 7) is 0. The van der Waals surface area contributed by atoms with E-state index in [9.17, 15) is 4.79 Å². The number of ether oxygens (including phenoxy) is 1. The Kier molecular flexibility index (Phi) is 3.17. The number of aliphatic carboxylic acids is 1. The average molecular weight is 194 g/mol. The van der Waals surface area contributed by atoms with Gasteiger partial charge in [-0.15, -0.1) is 0 Å². The topological polar surface area (TPSA) is 116 Å². The molecule has 76 valence electrons. The summed E-state index contributed by atoms with van der Waals surface area (Å²) in [5.41, 5.74) is 0. The van der Waals surface area contributed by atoms with Crippen LogP contribution in [0.2, 0.25) is 0 Å². The molecule has 0 aromatic carbocycles. The number of carboxylic acids is 1. The normalized spacial score (nSPS) is 36.1. The van der Waals surface area contributed by atoms with Gasteiger partial charge >= 0.3 is 5.97 Å². The van der Waals surface area contributed by atoms with Gasteiger partial charge < -0.3 is 20.1 Å². The molecule has 1 aliphatic rings. The molecule has 0 bridgehead atoms. The van der Waals surface area contributed by atoms with Gasteiger partial charge in [0.2, 0.25) is 6.10 Å². The molecule has 7 heteroatoms. The van der Waals surface area contributed by atoms with Gasteiger partial charge in [-0.25, -0.2) is 9.68 Å². The predicted molar refractivity (Wildman–Crippen MR) is 36.6 cm³/mol. The van der Waals surface area contributed by atoms with Crippen molar-refractivity contribution in [1.29, 1.82) is 0 Å². The number of carbonyl (C=O) groups is 1. The third-order valence-corrected chi connectivity index (χ3v) is 1.81. The number of hydrogen-bond acceptors (Lipinski definition) is 6. The SMILES string of the molecule is O=C(O)C(OO)C1CC(O)C(O)O1. The molecule has 0 aliphatic carbocycles. The molecule has 1 heterocycles. The van der Waals surface area contributed by atoms with Crippen LogP contribution in [0, 0.1) is 0 Å². The summed E-state index contributed by atoms with van der Waals surface area (Å²) < 4.78 is 4.63. The largest absolute Gasteiger partial charge is 0.479 e. The fourth-order valence-corrected chi connectivity index (χ4v) is 1.15. The van der Waals surface area contributed by atoms with E-state index in [1.165, 1.54) is 0 Å². The van der Waals surface area contributed by atoms with Gasteiger partial charge in [-0.2, -0.15) is 0 Å². The molecule has 1 aliphatic heterocycles. The lowest BCUT2D eigenvalue weighted by Crippen LogP contribution is -2.36. The first-order valence-electron chi connectivity index (χ1n) is 3.61. The summed E-state index contributed by atoms with van der Waals surface area (Å²) >= 11 is 0. The molecule has 4 atom stereocenters. The van der Waals surface area contributed by atoms with Gasteiger partial charge in [0.05, 0.1) is 0 Å². The molecule has 0 spiro atoms. The quantitative estimate of drug-likeness (QED) is 0.315. The first-order chi connectivity index (χ1) is 6.06. The summed E-state index contributed by atoms with van der Waals surface area (Å²) in [4.78, 5) is 14.0. The van der Waals surface area contributed by atoms with Gasteiger partial charge in [0.25, 0.3) is 0 Å². The van der Waals surface area contributed by atoms with E-state index in [1.54, 1.807) is 0 Å². The Balaban J connectivity index is 2.57. The maximum absolute atomic E-state index is 10.4. The first kappa shape index (κ1) is 10.4. The standard InChI is InChI=1S/C6H10O7/c7-2-1-3(12-6(2)10)4(13-11)5(8)9/h2-4,6-7,10-11H,1H2,(H,8,9). The van der Waals surface area contributed by atoms with E-state index in [-0.39, 0.29) is 6.42 Å². The molecule has 0 aromatic heterocycles. The van der Waals surface area contributed by atoms with Crippen LogP contribution in [0.1, 0.15) is 6.42 Å². The molecule has 0 saturated carbocycles. The van der Waals surface area contributed by atoms with Gasteiger partial charge in [0.15, 0.2) is 6.29 Å². The molecular weight excluding hydrogens is 184 g/mol. The first-order valence-corrected chi connectivity index (χ1v) is 3.61. The molecule has 0 amide bonds. The lowest BCUT2D eigenvalue weighted by molar-refractivity contribution is -0.298. The van der Waals surface area contributed by atoms with Crippen LogP contribution in [-0.4, -0.2) is 51.1 Å². The molecule has 1 saturated heterocycles. The van der Waals surface area contributed by atoms with Crippen molar-refractivity contribution in [1.82, 2.24) is 0 Å². The minimum absolute atomic E-state index is 0.0985. The Bertz CT molecular complexity index is 183. The Morgan fingerprint density at radius 2 is 2.15 bits per heavy atom. The molecule has 0 radical (unpaired) electrons. The average Bonchev–Trinajstić information content (AvgIpc) is 2.32. The Hall–Kier alpha value is -0.730. The molecule has 13 heavy (non-hydrogen) atoms. The monoisotopic (exact) mass is 194 g/mol. The van der Waals surface area contributed by atoms with Crippen LogP contribution in [-0.2, 0) is 14.4 Å². The van der Waals surface area contributed by atoms with E-state index in [0.29, 0.717) is 0 Å². The Labute approximate surface area is 73.1 Å². The van der Waals surface area contributed by atoms with Gasteiger partial charge in [-0.05, 0) is 0 Å². The fourth-order valence-electron chi connectivity index (χ4n) is 1.15. The van der Waals surface area contributed by atoms with Gasteiger partial charge in [0, 0.05) is 6.42 Å². The van der Waals surface area contributed by atoms with Crippen molar-refractivity contribution in [3.63, 3.8) is 0 Å². The lowest BCUT2D eigenvalue weighted by Gasteiger charge is -2.14. The zero-order valence-electron chi connectivity index (χ0n) is 6.53. The van der Waals surface area contributed by atoms with E-state index in [2.05, 4.69) is 9.62 Å². The van der Waals surface area contributed by atoms with Crippen LogP contribution in [0.5, 0.6) is 0 Å². The minimum atomic E-state index is -1.59. The molecule has 1 rings (SSSR count). The summed E-state index contributed by atoms with van der Waals surface area (Å²) in [7, 11) is 0. The van der Waals surface area contributed by atoms with Crippen molar-refractivity contribution >= 4 is 5.97 Å². The Morgan fingerprint density at radius 1 is 1.54 bits per heavy atom. The van der Waals surface area contributed by atoms with E-state index in [0.717, 1.165) is 0 Å². The summed E-state index contributed by atoms with van der Waals surface area (Å²) in [5, 5.41) is 34.6. The number of carboxylic acid groups (broad SMARTS) is 1. The number of hydrogen-bond donors (Lipinski definition) is 4. The van der Waals surface area contributed by atoms with Crippen molar-refractivity contribution in [3.8, 4) is 0 Å². The van der Waals surface area contributed by atoms with Gasteiger partial charge in [0.1, 0.15) is 12.2 Å². The molecule has 4 N–H and O–H groups in total. The maximum atomic E-state index is 10.4. The summed E-state index contributed by atoms with van der Waals surface area (Å²) in [6, 6.07) is 0. The third kappa shape index (κ3) is 2.14. The van der Waals surface area contributed by atoms with E-state index >= 15 is 0 Å². The molecular formula is C6H10O7. The van der Waals surface area contributed by atoms with E-state index < -0.39 is 30.6 Å². The third-order valence-electron chi connectivity index (χ3n) is 1.81. The fraction of sp³-hybridized carbons (Fsp3) is 0.833. The molecule has 1 fully saturated rings. The highest BCUT2D eigenvalue weighted by atomic mass is 17.1. The zero-order chi connectivity index (χ0) is 10.0. The highest BCUT2D eigenvalue weighted by molar-refractivity contribution is 5.73. The van der Waals surface area contributed by atoms with Crippen molar-refractivity contribution in [2.75, 3.05) is 0 Å². The Morgan fingerprint density at radius 3 is 2.46 bits per heavy atom. The van der Waals surface area contributed by atoms with Crippen LogP contribution >= 0.6 is 0 Å². The van der Waals surface area contributed by atoms with Crippen LogP contribution in [0.15, 0.2) is 0 Å².